The van der Waals surface area contributed by atoms with Crippen LogP contribution in [0.5, 0.6) is 0 Å². The number of aromatic nitrogens is 3. The van der Waals surface area contributed by atoms with Crippen LogP contribution >= 0.6 is 23.2 Å². The lowest BCUT2D eigenvalue weighted by Crippen LogP contribution is -1.82. The Bertz CT molecular complexity index is 677. The van der Waals surface area contributed by atoms with E-state index >= 15 is 0 Å². The van der Waals surface area contributed by atoms with Crippen molar-refractivity contribution in [1.29, 1.82) is 0 Å². The first-order valence-electron chi connectivity index (χ1n) is 4.98. The average Bonchev–Trinajstić information content (AvgIpc) is 2.74. The van der Waals surface area contributed by atoms with Crippen molar-refractivity contribution >= 4 is 28.8 Å². The fourth-order valence-electron chi connectivity index (χ4n) is 1.68. The van der Waals surface area contributed by atoms with Gasteiger partial charge in [-0.1, -0.05) is 23.2 Å². The van der Waals surface area contributed by atoms with Crippen molar-refractivity contribution < 1.29 is 0 Å². The number of fused-ring (bicyclic) bond motifs is 1. The quantitative estimate of drug-likeness (QED) is 0.670. The van der Waals surface area contributed by atoms with Gasteiger partial charge >= 0.3 is 0 Å². The van der Waals surface area contributed by atoms with E-state index in [9.17, 15) is 0 Å². The van der Waals surface area contributed by atoms with Gasteiger partial charge in [0.25, 0.3) is 0 Å². The highest BCUT2D eigenvalue weighted by molar-refractivity contribution is 6.36. The molecule has 0 atom stereocenters. The number of hydrogen-bond acceptors (Lipinski definition) is 2. The Hall–Kier alpha value is -1.58. The van der Waals surface area contributed by atoms with E-state index in [2.05, 4.69) is 9.97 Å². The van der Waals surface area contributed by atoms with Gasteiger partial charge in [-0.3, -0.25) is 4.98 Å². The Kier molecular flexibility index (Phi) is 2.50. The Morgan fingerprint density at radius 3 is 2.82 bits per heavy atom. The maximum atomic E-state index is 6.08. The van der Waals surface area contributed by atoms with Crippen molar-refractivity contribution in [3.8, 4) is 11.3 Å². The van der Waals surface area contributed by atoms with E-state index in [1.807, 2.05) is 22.7 Å². The van der Waals surface area contributed by atoms with E-state index in [0.29, 0.717) is 15.7 Å². The highest BCUT2D eigenvalue weighted by Gasteiger charge is 2.08. The zero-order valence-corrected chi connectivity index (χ0v) is 10.2. The molecule has 0 aliphatic rings. The molecular weight excluding hydrogens is 257 g/mol. The molecule has 0 fully saturated rings. The van der Waals surface area contributed by atoms with Crippen molar-refractivity contribution in [2.75, 3.05) is 0 Å². The molecule has 0 aliphatic heterocycles. The fourth-order valence-corrected chi connectivity index (χ4v) is 2.21. The smallest absolute Gasteiger partial charge is 0.156 e. The molecule has 0 radical (unpaired) electrons. The molecule has 3 heterocycles. The monoisotopic (exact) mass is 263 g/mol. The van der Waals surface area contributed by atoms with Crippen molar-refractivity contribution in [2.24, 2.45) is 0 Å². The molecule has 0 saturated carbocycles. The van der Waals surface area contributed by atoms with Gasteiger partial charge in [0.1, 0.15) is 0 Å². The molecule has 3 nitrogen and oxygen atoms in total. The molecule has 3 aromatic rings. The molecule has 84 valence electrons. The standard InChI is InChI=1S/C12H7Cl2N3/c13-9-4-10(14)12-16-11(7-17(12)6-9)8-2-1-3-15-5-8/h1-7H. The van der Waals surface area contributed by atoms with Crippen LogP contribution < -0.4 is 0 Å². The average molecular weight is 264 g/mol. The predicted octanol–water partition coefficient (Wildman–Crippen LogP) is 3.70. The summed E-state index contributed by atoms with van der Waals surface area (Å²) in [5.74, 6) is 0. The zero-order chi connectivity index (χ0) is 11.8. The van der Waals surface area contributed by atoms with E-state index in [-0.39, 0.29) is 0 Å². The Labute approximate surface area is 108 Å². The van der Waals surface area contributed by atoms with Gasteiger partial charge in [-0.05, 0) is 18.2 Å². The van der Waals surface area contributed by atoms with Crippen LogP contribution in [0.25, 0.3) is 16.9 Å². The topological polar surface area (TPSA) is 30.2 Å². The van der Waals surface area contributed by atoms with Crippen molar-refractivity contribution in [1.82, 2.24) is 14.4 Å². The molecule has 0 aliphatic carbocycles. The van der Waals surface area contributed by atoms with Crippen molar-refractivity contribution in [3.63, 3.8) is 0 Å². The second kappa shape index (κ2) is 4.02. The summed E-state index contributed by atoms with van der Waals surface area (Å²) in [5.41, 5.74) is 2.46. The largest absolute Gasteiger partial charge is 0.304 e. The summed E-state index contributed by atoms with van der Waals surface area (Å²) in [6.07, 6.45) is 7.14. The molecule has 0 bridgehead atoms. The first-order valence-corrected chi connectivity index (χ1v) is 5.74. The van der Waals surface area contributed by atoms with Gasteiger partial charge in [0.15, 0.2) is 5.65 Å². The first kappa shape index (κ1) is 10.6. The summed E-state index contributed by atoms with van der Waals surface area (Å²) in [5, 5.41) is 1.12. The predicted molar refractivity (Wildman–Crippen MR) is 68.4 cm³/mol. The molecule has 0 unspecified atom stereocenters. The van der Waals surface area contributed by atoms with Crippen LogP contribution in [0.4, 0.5) is 0 Å². The first-order chi connectivity index (χ1) is 8.24. The minimum absolute atomic E-state index is 0.535. The molecule has 0 aromatic carbocycles. The second-order valence-corrected chi connectivity index (χ2v) is 4.45. The minimum atomic E-state index is 0.535. The Morgan fingerprint density at radius 2 is 2.06 bits per heavy atom. The van der Waals surface area contributed by atoms with Gasteiger partial charge in [0.05, 0.1) is 15.7 Å². The zero-order valence-electron chi connectivity index (χ0n) is 8.64. The Balaban J connectivity index is 2.24. The molecule has 0 spiro atoms. The van der Waals surface area contributed by atoms with Gasteiger partial charge in [-0.2, -0.15) is 0 Å². The van der Waals surface area contributed by atoms with E-state index in [1.165, 1.54) is 0 Å². The SMILES string of the molecule is Clc1cc(Cl)c2nc(-c3cccnc3)cn2c1. The van der Waals surface area contributed by atoms with Crippen molar-refractivity contribution in [3.05, 3.63) is 53.0 Å². The highest BCUT2D eigenvalue weighted by atomic mass is 35.5. The normalized spacial score (nSPS) is 10.9. The van der Waals surface area contributed by atoms with Crippen LogP contribution in [0.3, 0.4) is 0 Å². The van der Waals surface area contributed by atoms with Crippen LogP contribution in [0.15, 0.2) is 43.0 Å². The summed E-state index contributed by atoms with van der Waals surface area (Å²) < 4.78 is 1.81. The van der Waals surface area contributed by atoms with Crippen LogP contribution in [0, 0.1) is 0 Å². The Morgan fingerprint density at radius 1 is 1.18 bits per heavy atom. The van der Waals surface area contributed by atoms with Crippen LogP contribution in [0.2, 0.25) is 10.0 Å². The second-order valence-electron chi connectivity index (χ2n) is 3.60. The fraction of sp³-hybridized carbons (Fsp3) is 0. The molecule has 3 rings (SSSR count). The van der Waals surface area contributed by atoms with Gasteiger partial charge in [0.2, 0.25) is 0 Å². The number of nitrogens with zero attached hydrogens (tertiary/aromatic N) is 3. The maximum Gasteiger partial charge on any atom is 0.156 e. The third-order valence-corrected chi connectivity index (χ3v) is 2.92. The van der Waals surface area contributed by atoms with Crippen molar-refractivity contribution in [2.45, 2.75) is 0 Å². The highest BCUT2D eigenvalue weighted by Crippen LogP contribution is 2.25. The minimum Gasteiger partial charge on any atom is -0.304 e. The van der Waals surface area contributed by atoms with Gasteiger partial charge < -0.3 is 4.40 Å². The molecule has 0 amide bonds. The molecule has 0 N–H and O–H groups in total. The van der Waals surface area contributed by atoms with Crippen LogP contribution in [-0.2, 0) is 0 Å². The maximum absolute atomic E-state index is 6.08. The number of rotatable bonds is 1. The van der Waals surface area contributed by atoms with E-state index in [0.717, 1.165) is 11.3 Å². The van der Waals surface area contributed by atoms with Gasteiger partial charge in [-0.15, -0.1) is 0 Å². The number of hydrogen-bond donors (Lipinski definition) is 0. The molecule has 3 aromatic heterocycles. The number of halogens is 2. The third-order valence-electron chi connectivity index (χ3n) is 2.43. The summed E-state index contributed by atoms with van der Waals surface area (Å²) in [6.45, 7) is 0. The lowest BCUT2D eigenvalue weighted by atomic mass is 10.2. The summed E-state index contributed by atoms with van der Waals surface area (Å²) >= 11 is 12.0. The third kappa shape index (κ3) is 1.88. The summed E-state index contributed by atoms with van der Waals surface area (Å²) in [4.78, 5) is 8.52. The van der Waals surface area contributed by atoms with Gasteiger partial charge in [-0.25, -0.2) is 4.98 Å². The molecule has 5 heteroatoms. The van der Waals surface area contributed by atoms with Gasteiger partial charge in [0, 0.05) is 30.4 Å². The summed E-state index contributed by atoms with van der Waals surface area (Å²) in [7, 11) is 0. The van der Waals surface area contributed by atoms with Crippen LogP contribution in [-0.4, -0.2) is 14.4 Å². The summed E-state index contributed by atoms with van der Waals surface area (Å²) in [6, 6.07) is 5.50. The molecule has 17 heavy (non-hydrogen) atoms. The number of pyridine rings is 2. The number of imidazole rings is 1. The lowest BCUT2D eigenvalue weighted by Gasteiger charge is -1.95. The van der Waals surface area contributed by atoms with E-state index in [1.54, 1.807) is 24.7 Å². The van der Waals surface area contributed by atoms with Crippen LogP contribution in [0.1, 0.15) is 0 Å². The van der Waals surface area contributed by atoms with E-state index < -0.39 is 0 Å². The lowest BCUT2D eigenvalue weighted by molar-refractivity contribution is 1.19. The molecule has 0 saturated heterocycles. The van der Waals surface area contributed by atoms with E-state index in [4.69, 9.17) is 23.2 Å². The molecular formula is C12H7Cl2N3.